The van der Waals surface area contributed by atoms with Crippen LogP contribution in [0.1, 0.15) is 39.0 Å². The van der Waals surface area contributed by atoms with Gasteiger partial charge in [-0.25, -0.2) is 9.18 Å². The van der Waals surface area contributed by atoms with E-state index in [1.54, 1.807) is 16.8 Å². The number of carboxylic acid groups (broad SMARTS) is 1. The van der Waals surface area contributed by atoms with Gasteiger partial charge in [0, 0.05) is 44.0 Å². The Kier molecular flexibility index (Phi) is 7.10. The van der Waals surface area contributed by atoms with Crippen molar-refractivity contribution in [1.29, 1.82) is 0 Å². The van der Waals surface area contributed by atoms with Crippen LogP contribution in [-0.2, 0) is 9.59 Å². The summed E-state index contributed by atoms with van der Waals surface area (Å²) in [6, 6.07) is 14.8. The number of hydrogen-bond donors (Lipinski definition) is 1. The van der Waals surface area contributed by atoms with Crippen molar-refractivity contribution in [2.45, 2.75) is 45.1 Å². The Morgan fingerprint density at radius 3 is 2.17 bits per heavy atom. The fraction of sp³-hybridized carbons (Fsp3) is 0.444. The normalized spacial score (nSPS) is 18.0. The summed E-state index contributed by atoms with van der Waals surface area (Å²) in [5.74, 6) is -1.15. The van der Waals surface area contributed by atoms with Gasteiger partial charge in [-0.05, 0) is 74.9 Å². The molecule has 1 aliphatic carbocycles. The smallest absolute Gasteiger partial charge is 0.324 e. The Hall–Kier alpha value is -3.42. The van der Waals surface area contributed by atoms with Crippen molar-refractivity contribution in [2.75, 3.05) is 29.9 Å². The van der Waals surface area contributed by atoms with Crippen molar-refractivity contribution >= 4 is 29.3 Å². The van der Waals surface area contributed by atoms with Gasteiger partial charge < -0.3 is 14.9 Å². The SMILES string of the molecule is C[C@@H](C1CC1)N(C(=O)CC1(C(=O)O)CCN(C(=O)N(C)c2ccc(F)cc2)CC1)c1ccccc1. The number of amides is 3. The molecule has 2 aromatic rings. The van der Waals surface area contributed by atoms with E-state index in [1.165, 1.54) is 29.2 Å². The van der Waals surface area contributed by atoms with Gasteiger partial charge in [0.2, 0.25) is 5.91 Å². The first-order valence-electron chi connectivity index (χ1n) is 12.1. The molecule has 0 spiro atoms. The van der Waals surface area contributed by atoms with Crippen molar-refractivity contribution in [3.8, 4) is 0 Å². The maximum absolute atomic E-state index is 13.6. The largest absolute Gasteiger partial charge is 0.481 e. The van der Waals surface area contributed by atoms with Crippen molar-refractivity contribution in [2.24, 2.45) is 11.3 Å². The summed E-state index contributed by atoms with van der Waals surface area (Å²) in [6.45, 7) is 2.49. The molecule has 186 valence electrons. The van der Waals surface area contributed by atoms with Crippen molar-refractivity contribution in [3.05, 3.63) is 60.4 Å². The Morgan fingerprint density at radius 1 is 1.03 bits per heavy atom. The topological polar surface area (TPSA) is 81.2 Å². The summed E-state index contributed by atoms with van der Waals surface area (Å²) in [6.07, 6.45) is 2.42. The van der Waals surface area contributed by atoms with Gasteiger partial charge in [-0.15, -0.1) is 0 Å². The maximum atomic E-state index is 13.6. The van der Waals surface area contributed by atoms with E-state index in [9.17, 15) is 23.9 Å². The molecule has 3 amide bonds. The molecule has 35 heavy (non-hydrogen) atoms. The molecule has 0 bridgehead atoms. The number of aliphatic carboxylic acids is 1. The summed E-state index contributed by atoms with van der Waals surface area (Å²) in [7, 11) is 1.61. The number of urea groups is 1. The van der Waals surface area contributed by atoms with Crippen LogP contribution in [0, 0.1) is 17.2 Å². The van der Waals surface area contributed by atoms with Crippen molar-refractivity contribution in [1.82, 2.24) is 4.90 Å². The highest BCUT2D eigenvalue weighted by molar-refractivity contribution is 5.97. The number of piperidine rings is 1. The van der Waals surface area contributed by atoms with Gasteiger partial charge in [-0.1, -0.05) is 18.2 Å². The van der Waals surface area contributed by atoms with Crippen molar-refractivity contribution < 1.29 is 23.9 Å². The number of carbonyl (C=O) groups excluding carboxylic acids is 2. The predicted octanol–water partition coefficient (Wildman–Crippen LogP) is 4.77. The van der Waals surface area contributed by atoms with Crippen LogP contribution >= 0.6 is 0 Å². The second kappa shape index (κ2) is 10.1. The average molecular weight is 482 g/mol. The zero-order valence-electron chi connectivity index (χ0n) is 20.2. The molecule has 1 aliphatic heterocycles. The fourth-order valence-corrected chi connectivity index (χ4v) is 4.94. The lowest BCUT2D eigenvalue weighted by Gasteiger charge is -2.41. The molecule has 1 saturated carbocycles. The third kappa shape index (κ3) is 5.31. The van der Waals surface area contributed by atoms with Gasteiger partial charge >= 0.3 is 12.0 Å². The van der Waals surface area contributed by atoms with Gasteiger partial charge in [0.15, 0.2) is 0 Å². The highest BCUT2D eigenvalue weighted by Crippen LogP contribution is 2.40. The van der Waals surface area contributed by atoms with Crippen LogP contribution in [0.5, 0.6) is 0 Å². The minimum atomic E-state index is -1.22. The number of para-hydroxylation sites is 1. The quantitative estimate of drug-likeness (QED) is 0.618. The molecule has 2 aromatic carbocycles. The number of likely N-dealkylation sites (tertiary alicyclic amines) is 1. The van der Waals surface area contributed by atoms with Gasteiger partial charge in [0.25, 0.3) is 0 Å². The Labute approximate surface area is 205 Å². The van der Waals surface area contributed by atoms with Gasteiger partial charge in [-0.3, -0.25) is 14.5 Å². The monoisotopic (exact) mass is 481 g/mol. The molecule has 1 saturated heterocycles. The van der Waals surface area contributed by atoms with Crippen molar-refractivity contribution in [3.63, 3.8) is 0 Å². The van der Waals surface area contributed by atoms with Gasteiger partial charge in [0.05, 0.1) is 5.41 Å². The predicted molar refractivity (Wildman–Crippen MR) is 132 cm³/mol. The summed E-state index contributed by atoms with van der Waals surface area (Å²) >= 11 is 0. The first-order valence-corrected chi connectivity index (χ1v) is 12.1. The molecule has 1 atom stereocenters. The molecular formula is C27H32FN3O4. The third-order valence-electron chi connectivity index (χ3n) is 7.45. The molecule has 8 heteroatoms. The number of anilines is 2. The van der Waals surface area contributed by atoms with Crippen LogP contribution in [0.4, 0.5) is 20.6 Å². The average Bonchev–Trinajstić information content (AvgIpc) is 3.70. The summed E-state index contributed by atoms with van der Waals surface area (Å²) < 4.78 is 13.2. The van der Waals surface area contributed by atoms with E-state index in [1.807, 2.05) is 37.3 Å². The molecule has 1 heterocycles. The molecule has 2 aliphatic rings. The first-order chi connectivity index (χ1) is 16.7. The van der Waals surface area contributed by atoms with E-state index in [0.29, 0.717) is 11.6 Å². The molecular weight excluding hydrogens is 449 g/mol. The number of carbonyl (C=O) groups is 3. The minimum absolute atomic E-state index is 0.00164. The van der Waals surface area contributed by atoms with Crippen LogP contribution in [0.3, 0.4) is 0 Å². The van der Waals surface area contributed by atoms with Crippen LogP contribution < -0.4 is 9.80 Å². The van der Waals surface area contributed by atoms with E-state index >= 15 is 0 Å². The molecule has 0 radical (unpaired) electrons. The Bertz CT molecular complexity index is 1060. The van der Waals surface area contributed by atoms with Crippen LogP contribution in [0.2, 0.25) is 0 Å². The zero-order valence-corrected chi connectivity index (χ0v) is 20.2. The molecule has 0 unspecified atom stereocenters. The second-order valence-corrected chi connectivity index (χ2v) is 9.74. The van der Waals surface area contributed by atoms with Gasteiger partial charge in [0.1, 0.15) is 5.82 Å². The lowest BCUT2D eigenvalue weighted by molar-refractivity contribution is -0.154. The second-order valence-electron chi connectivity index (χ2n) is 9.74. The highest BCUT2D eigenvalue weighted by atomic mass is 19.1. The fourth-order valence-electron chi connectivity index (χ4n) is 4.94. The number of rotatable bonds is 7. The zero-order chi connectivity index (χ0) is 25.2. The number of hydrogen-bond acceptors (Lipinski definition) is 3. The summed E-state index contributed by atoms with van der Waals surface area (Å²) in [5, 5.41) is 10.2. The highest BCUT2D eigenvalue weighted by Gasteiger charge is 2.46. The number of benzene rings is 2. The number of nitrogens with zero attached hydrogens (tertiary/aromatic N) is 3. The van der Waals surface area contributed by atoms with Crippen LogP contribution in [0.15, 0.2) is 54.6 Å². The molecule has 7 nitrogen and oxygen atoms in total. The minimum Gasteiger partial charge on any atom is -0.481 e. The molecule has 2 fully saturated rings. The van der Waals surface area contributed by atoms with E-state index < -0.39 is 11.4 Å². The standard InChI is InChI=1S/C27H32FN3O4/c1-19(20-8-9-20)31(23-6-4-3-5-7-23)24(32)18-27(25(33)34)14-16-30(17-15-27)26(35)29(2)22-12-10-21(28)11-13-22/h3-7,10-13,19-20H,8-9,14-18H2,1-2H3,(H,33,34)/t19-/m0/s1. The first kappa shape index (κ1) is 24.7. The van der Waals surface area contributed by atoms with E-state index in [2.05, 4.69) is 0 Å². The van der Waals surface area contributed by atoms with Crippen LogP contribution in [-0.4, -0.2) is 54.1 Å². The Morgan fingerprint density at radius 2 is 1.63 bits per heavy atom. The summed E-state index contributed by atoms with van der Waals surface area (Å²) in [4.78, 5) is 43.8. The van der Waals surface area contributed by atoms with Crippen LogP contribution in [0.25, 0.3) is 0 Å². The number of halogens is 1. The maximum Gasteiger partial charge on any atom is 0.324 e. The van der Waals surface area contributed by atoms with E-state index in [4.69, 9.17) is 0 Å². The lowest BCUT2D eigenvalue weighted by atomic mass is 9.75. The van der Waals surface area contributed by atoms with E-state index in [-0.39, 0.29) is 56.1 Å². The number of carboxylic acids is 1. The van der Waals surface area contributed by atoms with E-state index in [0.717, 1.165) is 18.5 Å². The summed E-state index contributed by atoms with van der Waals surface area (Å²) in [5.41, 5.74) is 0.110. The lowest BCUT2D eigenvalue weighted by Crippen LogP contribution is -2.52. The molecule has 4 rings (SSSR count). The Balaban J connectivity index is 1.46. The molecule has 0 aromatic heterocycles. The molecule has 1 N–H and O–H groups in total. The third-order valence-corrected chi connectivity index (χ3v) is 7.45. The van der Waals surface area contributed by atoms with Gasteiger partial charge in [-0.2, -0.15) is 0 Å².